The van der Waals surface area contributed by atoms with Crippen LogP contribution in [-0.2, 0) is 11.3 Å². The van der Waals surface area contributed by atoms with Crippen LogP contribution in [0.15, 0.2) is 24.3 Å². The molecule has 1 amide bonds. The van der Waals surface area contributed by atoms with Crippen molar-refractivity contribution < 1.29 is 27.1 Å². The van der Waals surface area contributed by atoms with E-state index in [1.807, 2.05) is 5.32 Å². The van der Waals surface area contributed by atoms with E-state index in [1.54, 1.807) is 0 Å². The Labute approximate surface area is 94.4 Å². The van der Waals surface area contributed by atoms with E-state index in [0.717, 1.165) is 0 Å². The molecule has 0 bridgehead atoms. The maximum atomic E-state index is 12.0. The van der Waals surface area contributed by atoms with Crippen molar-refractivity contribution in [1.82, 2.24) is 5.32 Å². The minimum Gasteiger partial charge on any atom is -0.434 e. The van der Waals surface area contributed by atoms with E-state index in [4.69, 9.17) is 0 Å². The van der Waals surface area contributed by atoms with Gasteiger partial charge < -0.3 is 10.1 Å². The maximum Gasteiger partial charge on any atom is 0.387 e. The number of rotatable bonds is 5. The smallest absolute Gasteiger partial charge is 0.387 e. The molecule has 0 spiro atoms. The number of nitrogens with one attached hydrogen (secondary N) is 1. The number of halogens is 4. The summed E-state index contributed by atoms with van der Waals surface area (Å²) in [7, 11) is 0. The molecular weight excluding hydrogens is 242 g/mol. The third-order valence-electron chi connectivity index (χ3n) is 1.84. The van der Waals surface area contributed by atoms with Crippen LogP contribution in [0.5, 0.6) is 5.75 Å². The summed E-state index contributed by atoms with van der Waals surface area (Å²) >= 11 is 0. The quantitative estimate of drug-likeness (QED) is 0.814. The normalized spacial score (nSPS) is 10.7. The lowest BCUT2D eigenvalue weighted by atomic mass is 10.2. The number of alkyl halides is 4. The van der Waals surface area contributed by atoms with E-state index in [1.165, 1.54) is 24.3 Å². The first-order valence-electron chi connectivity index (χ1n) is 4.59. The van der Waals surface area contributed by atoms with Gasteiger partial charge in [-0.2, -0.15) is 17.6 Å². The number of hydrogen-bond donors (Lipinski definition) is 1. The Kier molecular flexibility index (Phi) is 4.74. The van der Waals surface area contributed by atoms with Gasteiger partial charge in [0.15, 0.2) is 0 Å². The lowest BCUT2D eigenvalue weighted by molar-refractivity contribution is -0.131. The number of hydrogen-bond acceptors (Lipinski definition) is 2. The summed E-state index contributed by atoms with van der Waals surface area (Å²) in [6.45, 7) is -3.31. The van der Waals surface area contributed by atoms with Gasteiger partial charge in [0, 0.05) is 12.1 Å². The Balaban J connectivity index is 2.67. The van der Waals surface area contributed by atoms with Crippen LogP contribution in [0.3, 0.4) is 0 Å². The SMILES string of the molecule is O=C(NCc1ccccc1OC(F)F)C(F)F. The lowest BCUT2D eigenvalue weighted by Gasteiger charge is -2.11. The fraction of sp³-hybridized carbons (Fsp3) is 0.300. The van der Waals surface area contributed by atoms with Crippen molar-refractivity contribution in [1.29, 1.82) is 0 Å². The van der Waals surface area contributed by atoms with Gasteiger partial charge in [-0.1, -0.05) is 18.2 Å². The Morgan fingerprint density at radius 1 is 1.24 bits per heavy atom. The highest BCUT2D eigenvalue weighted by atomic mass is 19.3. The predicted octanol–water partition coefficient (Wildman–Crippen LogP) is 2.17. The highest BCUT2D eigenvalue weighted by Gasteiger charge is 2.15. The first kappa shape index (κ1) is 13.3. The highest BCUT2D eigenvalue weighted by Crippen LogP contribution is 2.19. The lowest BCUT2D eigenvalue weighted by Crippen LogP contribution is -2.29. The zero-order valence-electron chi connectivity index (χ0n) is 8.50. The molecule has 17 heavy (non-hydrogen) atoms. The van der Waals surface area contributed by atoms with Crippen LogP contribution in [0.1, 0.15) is 5.56 Å². The molecule has 3 nitrogen and oxygen atoms in total. The molecule has 0 heterocycles. The molecule has 0 aliphatic rings. The Hall–Kier alpha value is -1.79. The molecule has 1 aromatic carbocycles. The standard InChI is InChI=1S/C10H9F4NO2/c11-8(12)9(16)15-5-6-3-1-2-4-7(6)17-10(13)14/h1-4,8,10H,5H2,(H,15,16). The van der Waals surface area contributed by atoms with Crippen LogP contribution < -0.4 is 10.1 Å². The molecule has 0 saturated carbocycles. The van der Waals surface area contributed by atoms with Crippen LogP contribution in [0.25, 0.3) is 0 Å². The van der Waals surface area contributed by atoms with E-state index >= 15 is 0 Å². The van der Waals surface area contributed by atoms with Gasteiger partial charge in [-0.05, 0) is 6.07 Å². The number of ether oxygens (including phenoxy) is 1. The zero-order valence-corrected chi connectivity index (χ0v) is 8.50. The number of carbonyl (C=O) groups excluding carboxylic acids is 1. The molecule has 0 saturated heterocycles. The summed E-state index contributed by atoms with van der Waals surface area (Å²) in [4.78, 5) is 10.6. The summed E-state index contributed by atoms with van der Waals surface area (Å²) < 4.78 is 51.9. The molecule has 1 N–H and O–H groups in total. The highest BCUT2D eigenvalue weighted by molar-refractivity contribution is 5.79. The molecule has 0 radical (unpaired) electrons. The predicted molar refractivity (Wildman–Crippen MR) is 50.9 cm³/mol. The van der Waals surface area contributed by atoms with E-state index in [-0.39, 0.29) is 17.9 Å². The third-order valence-corrected chi connectivity index (χ3v) is 1.84. The Bertz CT molecular complexity index is 384. The van der Waals surface area contributed by atoms with Crippen LogP contribution in [0.2, 0.25) is 0 Å². The van der Waals surface area contributed by atoms with Gasteiger partial charge in [-0.3, -0.25) is 4.79 Å². The first-order chi connectivity index (χ1) is 8.00. The topological polar surface area (TPSA) is 38.3 Å². The second-order valence-corrected chi connectivity index (χ2v) is 3.00. The summed E-state index contributed by atoms with van der Waals surface area (Å²) in [5.74, 6) is -1.62. The fourth-order valence-corrected chi connectivity index (χ4v) is 1.12. The molecule has 0 aliphatic carbocycles. The van der Waals surface area contributed by atoms with Crippen molar-refractivity contribution in [3.63, 3.8) is 0 Å². The third kappa shape index (κ3) is 4.29. The molecule has 0 aliphatic heterocycles. The molecule has 0 unspecified atom stereocenters. The molecule has 7 heteroatoms. The van der Waals surface area contributed by atoms with Crippen LogP contribution in [0.4, 0.5) is 17.6 Å². The van der Waals surface area contributed by atoms with E-state index in [2.05, 4.69) is 4.74 Å². The van der Waals surface area contributed by atoms with Crippen molar-refractivity contribution in [3.05, 3.63) is 29.8 Å². The number of benzene rings is 1. The summed E-state index contributed by atoms with van der Waals surface area (Å²) in [5.41, 5.74) is 0.196. The van der Waals surface area contributed by atoms with Crippen molar-refractivity contribution in [2.24, 2.45) is 0 Å². The molecule has 1 rings (SSSR count). The Morgan fingerprint density at radius 2 is 1.88 bits per heavy atom. The van der Waals surface area contributed by atoms with Gasteiger partial charge in [0.2, 0.25) is 0 Å². The zero-order chi connectivity index (χ0) is 12.8. The van der Waals surface area contributed by atoms with E-state index < -0.39 is 18.9 Å². The first-order valence-corrected chi connectivity index (χ1v) is 4.59. The minimum absolute atomic E-state index is 0.155. The van der Waals surface area contributed by atoms with E-state index in [9.17, 15) is 22.4 Å². The van der Waals surface area contributed by atoms with Crippen LogP contribution in [-0.4, -0.2) is 18.9 Å². The van der Waals surface area contributed by atoms with Crippen molar-refractivity contribution in [2.75, 3.05) is 0 Å². The van der Waals surface area contributed by atoms with Crippen molar-refractivity contribution in [2.45, 2.75) is 19.6 Å². The van der Waals surface area contributed by atoms with Crippen LogP contribution >= 0.6 is 0 Å². The molecule has 0 atom stereocenters. The van der Waals surface area contributed by atoms with Gasteiger partial charge in [0.05, 0.1) is 0 Å². The fourth-order valence-electron chi connectivity index (χ4n) is 1.12. The second-order valence-electron chi connectivity index (χ2n) is 3.00. The minimum atomic E-state index is -3.14. The maximum absolute atomic E-state index is 12.0. The summed E-state index contributed by atoms with van der Waals surface area (Å²) in [5, 5.41) is 1.90. The number of para-hydroxylation sites is 1. The van der Waals surface area contributed by atoms with E-state index in [0.29, 0.717) is 0 Å². The van der Waals surface area contributed by atoms with Crippen LogP contribution in [0, 0.1) is 0 Å². The van der Waals surface area contributed by atoms with Crippen molar-refractivity contribution >= 4 is 5.91 Å². The second kappa shape index (κ2) is 6.07. The monoisotopic (exact) mass is 251 g/mol. The van der Waals surface area contributed by atoms with Gasteiger partial charge in [-0.25, -0.2) is 0 Å². The average Bonchev–Trinajstić information content (AvgIpc) is 2.26. The number of carbonyl (C=O) groups is 1. The summed E-state index contributed by atoms with van der Waals surface area (Å²) in [6, 6.07) is 5.62. The van der Waals surface area contributed by atoms with Gasteiger partial charge >= 0.3 is 13.0 Å². The largest absolute Gasteiger partial charge is 0.434 e. The molecule has 1 aromatic rings. The number of amides is 1. The summed E-state index contributed by atoms with van der Waals surface area (Å²) in [6.07, 6.45) is -3.14. The molecule has 0 fully saturated rings. The molecular formula is C10H9F4NO2. The Morgan fingerprint density at radius 3 is 2.47 bits per heavy atom. The van der Waals surface area contributed by atoms with Crippen molar-refractivity contribution in [3.8, 4) is 5.75 Å². The van der Waals surface area contributed by atoms with Gasteiger partial charge in [0.25, 0.3) is 5.91 Å². The average molecular weight is 251 g/mol. The molecule has 94 valence electrons. The van der Waals surface area contributed by atoms with Gasteiger partial charge in [-0.15, -0.1) is 0 Å². The van der Waals surface area contributed by atoms with Gasteiger partial charge in [0.1, 0.15) is 5.75 Å². The molecule has 0 aromatic heterocycles.